The molecule has 1 unspecified atom stereocenters. The molecule has 1 fully saturated rings. The molecular formula is C15H30N4O2. The molecule has 3 N–H and O–H groups in total. The van der Waals surface area contributed by atoms with Gasteiger partial charge in [-0.05, 0) is 32.2 Å². The number of piperidine rings is 1. The van der Waals surface area contributed by atoms with Gasteiger partial charge in [-0.15, -0.1) is 0 Å². The fourth-order valence-corrected chi connectivity index (χ4v) is 2.62. The van der Waals surface area contributed by atoms with Crippen molar-refractivity contribution in [3.8, 4) is 0 Å². The molecule has 0 aromatic heterocycles. The molecule has 0 bridgehead atoms. The number of rotatable bonds is 4. The van der Waals surface area contributed by atoms with Crippen molar-refractivity contribution in [2.45, 2.75) is 46.6 Å². The Morgan fingerprint density at radius 3 is 2.29 bits per heavy atom. The summed E-state index contributed by atoms with van der Waals surface area (Å²) >= 11 is 0. The number of likely N-dealkylation sites (tertiary alicyclic amines) is 1. The van der Waals surface area contributed by atoms with Crippen molar-refractivity contribution in [3.63, 3.8) is 0 Å². The first-order valence-corrected chi connectivity index (χ1v) is 7.65. The van der Waals surface area contributed by atoms with Crippen LogP contribution in [0.5, 0.6) is 0 Å². The van der Waals surface area contributed by atoms with Gasteiger partial charge in [-0.25, -0.2) is 5.84 Å². The van der Waals surface area contributed by atoms with Crippen LogP contribution in [0.2, 0.25) is 0 Å². The normalized spacial score (nSPS) is 18.7. The lowest BCUT2D eigenvalue weighted by Gasteiger charge is -2.37. The molecule has 21 heavy (non-hydrogen) atoms. The summed E-state index contributed by atoms with van der Waals surface area (Å²) in [6.07, 6.45) is 1.38. The maximum atomic E-state index is 12.3. The Kier molecular flexibility index (Phi) is 6.16. The number of amides is 2. The summed E-state index contributed by atoms with van der Waals surface area (Å²) < 4.78 is 0. The van der Waals surface area contributed by atoms with Crippen molar-refractivity contribution in [1.82, 2.24) is 15.2 Å². The Hall–Kier alpha value is -1.14. The predicted octanol–water partition coefficient (Wildman–Crippen LogP) is 0.581. The predicted molar refractivity (Wildman–Crippen MR) is 83.2 cm³/mol. The third kappa shape index (κ3) is 4.97. The van der Waals surface area contributed by atoms with E-state index >= 15 is 0 Å². The standard InChI is InChI=1S/C15H30N4O2/c1-11(15(2,3)4)18(5)10-13(20)19-8-6-12(7-9-19)14(21)17-16/h11-12H,6-10,16H2,1-5H3,(H,17,21). The van der Waals surface area contributed by atoms with Gasteiger partial charge in [-0.2, -0.15) is 0 Å². The number of nitrogens with two attached hydrogens (primary N) is 1. The summed E-state index contributed by atoms with van der Waals surface area (Å²) in [7, 11) is 1.99. The van der Waals surface area contributed by atoms with E-state index in [2.05, 4.69) is 38.0 Å². The Morgan fingerprint density at radius 1 is 1.33 bits per heavy atom. The fraction of sp³-hybridized carbons (Fsp3) is 0.867. The summed E-state index contributed by atoms with van der Waals surface area (Å²) in [5.74, 6) is 5.10. The van der Waals surface area contributed by atoms with Crippen molar-refractivity contribution in [2.24, 2.45) is 17.2 Å². The van der Waals surface area contributed by atoms with Gasteiger partial charge in [0.1, 0.15) is 0 Å². The van der Waals surface area contributed by atoms with Crippen LogP contribution in [-0.2, 0) is 9.59 Å². The molecule has 0 spiro atoms. The Bertz CT molecular complexity index is 370. The van der Waals surface area contributed by atoms with Gasteiger partial charge in [0.25, 0.3) is 0 Å². The van der Waals surface area contributed by atoms with E-state index in [4.69, 9.17) is 5.84 Å². The molecule has 0 saturated carbocycles. The van der Waals surface area contributed by atoms with Gasteiger partial charge in [-0.3, -0.25) is 19.9 Å². The van der Waals surface area contributed by atoms with Gasteiger partial charge in [0.2, 0.25) is 11.8 Å². The van der Waals surface area contributed by atoms with Gasteiger partial charge < -0.3 is 4.90 Å². The second-order valence-electron chi connectivity index (χ2n) is 7.12. The van der Waals surface area contributed by atoms with E-state index in [0.29, 0.717) is 38.5 Å². The average Bonchev–Trinajstić information content (AvgIpc) is 2.44. The highest BCUT2D eigenvalue weighted by Crippen LogP contribution is 2.23. The second kappa shape index (κ2) is 7.22. The maximum Gasteiger partial charge on any atom is 0.237 e. The molecule has 1 heterocycles. The quantitative estimate of drug-likeness (QED) is 0.452. The van der Waals surface area contributed by atoms with E-state index in [1.165, 1.54) is 0 Å². The smallest absolute Gasteiger partial charge is 0.237 e. The summed E-state index contributed by atoms with van der Waals surface area (Å²) in [5, 5.41) is 0. The van der Waals surface area contributed by atoms with Gasteiger partial charge in [-0.1, -0.05) is 20.8 Å². The van der Waals surface area contributed by atoms with E-state index < -0.39 is 0 Å². The van der Waals surface area contributed by atoms with Crippen molar-refractivity contribution in [2.75, 3.05) is 26.7 Å². The highest BCUT2D eigenvalue weighted by Gasteiger charge is 2.29. The highest BCUT2D eigenvalue weighted by molar-refractivity contribution is 5.80. The SMILES string of the molecule is CC(N(C)CC(=O)N1CCC(C(=O)NN)CC1)C(C)(C)C. The molecular weight excluding hydrogens is 268 g/mol. The number of nitrogens with zero attached hydrogens (tertiary/aromatic N) is 2. The van der Waals surface area contributed by atoms with Crippen LogP contribution in [0.3, 0.4) is 0 Å². The number of carbonyl (C=O) groups is 2. The Morgan fingerprint density at radius 2 is 1.86 bits per heavy atom. The van der Waals surface area contributed by atoms with Gasteiger partial charge in [0, 0.05) is 25.0 Å². The third-order valence-corrected chi connectivity index (χ3v) is 4.66. The van der Waals surface area contributed by atoms with Crippen LogP contribution in [0, 0.1) is 11.3 Å². The molecule has 0 aromatic carbocycles. The summed E-state index contributed by atoms with van der Waals surface area (Å²) in [6, 6.07) is 0.321. The summed E-state index contributed by atoms with van der Waals surface area (Å²) in [4.78, 5) is 27.8. The van der Waals surface area contributed by atoms with Crippen molar-refractivity contribution >= 4 is 11.8 Å². The minimum Gasteiger partial charge on any atom is -0.342 e. The van der Waals surface area contributed by atoms with Crippen LogP contribution < -0.4 is 11.3 Å². The number of nitrogens with one attached hydrogen (secondary N) is 1. The monoisotopic (exact) mass is 298 g/mol. The molecule has 122 valence electrons. The number of hydrogen-bond acceptors (Lipinski definition) is 4. The van der Waals surface area contributed by atoms with Gasteiger partial charge in [0.15, 0.2) is 0 Å². The van der Waals surface area contributed by atoms with Crippen molar-refractivity contribution < 1.29 is 9.59 Å². The number of hydrazine groups is 1. The van der Waals surface area contributed by atoms with E-state index in [1.807, 2.05) is 11.9 Å². The topological polar surface area (TPSA) is 78.7 Å². The van der Waals surface area contributed by atoms with Crippen LogP contribution >= 0.6 is 0 Å². The first-order valence-electron chi connectivity index (χ1n) is 7.65. The van der Waals surface area contributed by atoms with E-state index in [9.17, 15) is 9.59 Å². The minimum absolute atomic E-state index is 0.0646. The first-order chi connectivity index (χ1) is 9.66. The third-order valence-electron chi connectivity index (χ3n) is 4.66. The zero-order valence-corrected chi connectivity index (χ0v) is 14.0. The Labute approximate surface area is 128 Å². The van der Waals surface area contributed by atoms with E-state index in [0.717, 1.165) is 0 Å². The average molecular weight is 298 g/mol. The van der Waals surface area contributed by atoms with Crippen LogP contribution in [-0.4, -0.2) is 54.3 Å². The first kappa shape index (κ1) is 17.9. The van der Waals surface area contributed by atoms with E-state index in [1.54, 1.807) is 0 Å². The molecule has 1 atom stereocenters. The lowest BCUT2D eigenvalue weighted by atomic mass is 9.87. The molecule has 0 aliphatic carbocycles. The molecule has 0 aromatic rings. The fourth-order valence-electron chi connectivity index (χ4n) is 2.62. The largest absolute Gasteiger partial charge is 0.342 e. The lowest BCUT2D eigenvalue weighted by Crippen LogP contribution is -2.49. The van der Waals surface area contributed by atoms with Gasteiger partial charge >= 0.3 is 0 Å². The Balaban J connectivity index is 2.46. The summed E-state index contributed by atoms with van der Waals surface area (Å²) in [6.45, 7) is 10.4. The second-order valence-corrected chi connectivity index (χ2v) is 7.12. The van der Waals surface area contributed by atoms with Crippen molar-refractivity contribution in [1.29, 1.82) is 0 Å². The van der Waals surface area contributed by atoms with Crippen LogP contribution in [0.1, 0.15) is 40.5 Å². The van der Waals surface area contributed by atoms with Crippen LogP contribution in [0.25, 0.3) is 0 Å². The zero-order valence-electron chi connectivity index (χ0n) is 14.0. The maximum absolute atomic E-state index is 12.3. The number of likely N-dealkylation sites (N-methyl/N-ethyl adjacent to an activating group) is 1. The molecule has 6 heteroatoms. The molecule has 1 saturated heterocycles. The molecule has 0 radical (unpaired) electrons. The number of carbonyl (C=O) groups excluding carboxylic acids is 2. The molecule has 6 nitrogen and oxygen atoms in total. The minimum atomic E-state index is -0.124. The van der Waals surface area contributed by atoms with Crippen molar-refractivity contribution in [3.05, 3.63) is 0 Å². The highest BCUT2D eigenvalue weighted by atomic mass is 16.2. The zero-order chi connectivity index (χ0) is 16.2. The van der Waals surface area contributed by atoms with Gasteiger partial charge in [0.05, 0.1) is 6.54 Å². The molecule has 1 aliphatic rings. The lowest BCUT2D eigenvalue weighted by molar-refractivity contribution is -0.137. The van der Waals surface area contributed by atoms with E-state index in [-0.39, 0.29) is 23.1 Å². The number of hydrogen-bond donors (Lipinski definition) is 2. The molecule has 1 aliphatic heterocycles. The molecule has 2 amide bonds. The summed E-state index contributed by atoms with van der Waals surface area (Å²) in [5.41, 5.74) is 2.33. The molecule has 1 rings (SSSR count). The van der Waals surface area contributed by atoms with Crippen LogP contribution in [0.4, 0.5) is 0 Å². The van der Waals surface area contributed by atoms with Crippen LogP contribution in [0.15, 0.2) is 0 Å².